The topological polar surface area (TPSA) is 195 Å². The van der Waals surface area contributed by atoms with Crippen LogP contribution in [-0.4, -0.2) is 141 Å². The number of carbonyl (C=O) groups is 4. The third-order valence-electron chi connectivity index (χ3n) is 10.6. The SMILES string of the molecule is C#CCOCCOCCOCCOCCSSCCC(=O)N=CCSSCCNC(=O)OC1CCCC2=C(C)N=C(c3ccc(CNC(=O)CCSSCCC(=O)NCc4ccc(O)cc4)cc3)C2CC1. The third kappa shape index (κ3) is 27.5. The number of nitrogens with one attached hydrogen (secondary N) is 3. The maximum absolute atomic E-state index is 12.7. The fourth-order valence-electron chi connectivity index (χ4n) is 7.05. The number of terminal acetylenes is 1. The molecule has 15 nitrogen and oxygen atoms in total. The number of ether oxygens (including phenoxy) is 5. The molecule has 1 aliphatic carbocycles. The fourth-order valence-corrected chi connectivity index (χ4v) is 12.5. The van der Waals surface area contributed by atoms with Gasteiger partial charge in [0.15, 0.2) is 0 Å². The van der Waals surface area contributed by atoms with Gasteiger partial charge in [0.05, 0.1) is 52.0 Å². The first-order chi connectivity index (χ1) is 34.7. The molecule has 4 N–H and O–H groups in total. The van der Waals surface area contributed by atoms with Gasteiger partial charge in [0, 0.05) is 91.2 Å². The van der Waals surface area contributed by atoms with Gasteiger partial charge in [-0.2, -0.15) is 0 Å². The number of phenols is 1. The number of amides is 4. The first-order valence-corrected chi connectivity index (χ1v) is 31.3. The molecule has 2 aromatic rings. The Morgan fingerprint density at radius 2 is 1.30 bits per heavy atom. The summed E-state index contributed by atoms with van der Waals surface area (Å²) in [6, 6.07) is 15.0. The van der Waals surface area contributed by atoms with E-state index in [-0.39, 0.29) is 35.5 Å². The van der Waals surface area contributed by atoms with Crippen LogP contribution in [0.3, 0.4) is 0 Å². The number of alkyl carbamates (subject to hydrolysis) is 1. The van der Waals surface area contributed by atoms with Crippen molar-refractivity contribution in [3.8, 4) is 18.1 Å². The van der Waals surface area contributed by atoms with Gasteiger partial charge in [0.25, 0.3) is 0 Å². The second-order valence-corrected chi connectivity index (χ2v) is 24.0. The smallest absolute Gasteiger partial charge is 0.407 e. The molecule has 1 saturated carbocycles. The largest absolute Gasteiger partial charge is 0.508 e. The van der Waals surface area contributed by atoms with E-state index in [9.17, 15) is 24.3 Å². The molecule has 71 heavy (non-hydrogen) atoms. The van der Waals surface area contributed by atoms with Crippen molar-refractivity contribution in [1.82, 2.24) is 16.0 Å². The van der Waals surface area contributed by atoms with Crippen molar-refractivity contribution in [1.29, 1.82) is 0 Å². The number of carbonyl (C=O) groups excluding carboxylic acids is 4. The Hall–Kier alpha value is -3.30. The van der Waals surface area contributed by atoms with Gasteiger partial charge >= 0.3 is 6.09 Å². The van der Waals surface area contributed by atoms with Crippen LogP contribution in [0.15, 0.2) is 69.8 Å². The van der Waals surface area contributed by atoms with E-state index in [1.807, 2.05) is 12.1 Å². The van der Waals surface area contributed by atoms with Crippen LogP contribution in [0, 0.1) is 18.3 Å². The molecule has 0 aromatic heterocycles. The Labute approximate surface area is 443 Å². The van der Waals surface area contributed by atoms with Crippen LogP contribution in [0.1, 0.15) is 75.0 Å². The number of hydrogen-bond acceptors (Lipinski definition) is 17. The van der Waals surface area contributed by atoms with Crippen LogP contribution < -0.4 is 16.0 Å². The summed E-state index contributed by atoms with van der Waals surface area (Å²) >= 11 is 0. The lowest BCUT2D eigenvalue weighted by Gasteiger charge is -2.26. The minimum absolute atomic E-state index is 0.0161. The first kappa shape index (κ1) is 60.3. The van der Waals surface area contributed by atoms with Crippen molar-refractivity contribution in [2.75, 3.05) is 93.9 Å². The summed E-state index contributed by atoms with van der Waals surface area (Å²) in [6.45, 7) is 7.34. The van der Waals surface area contributed by atoms with E-state index >= 15 is 0 Å². The minimum Gasteiger partial charge on any atom is -0.508 e. The van der Waals surface area contributed by atoms with Crippen LogP contribution in [-0.2, 0) is 51.2 Å². The van der Waals surface area contributed by atoms with Crippen LogP contribution in [0.4, 0.5) is 4.79 Å². The summed E-state index contributed by atoms with van der Waals surface area (Å²) in [7, 11) is 9.67. The van der Waals surface area contributed by atoms with Crippen LogP contribution in [0.2, 0.25) is 0 Å². The van der Waals surface area contributed by atoms with E-state index in [1.54, 1.807) is 95.2 Å². The Bertz CT molecular complexity index is 2020. The molecule has 0 spiro atoms. The van der Waals surface area contributed by atoms with Gasteiger partial charge in [0.2, 0.25) is 17.7 Å². The molecule has 390 valence electrons. The summed E-state index contributed by atoms with van der Waals surface area (Å²) in [4.78, 5) is 58.6. The molecular weight excluding hydrogens is 1020 g/mol. The Balaban J connectivity index is 0.972. The van der Waals surface area contributed by atoms with E-state index in [0.29, 0.717) is 121 Å². The summed E-state index contributed by atoms with van der Waals surface area (Å²) in [6.07, 6.45) is 11.6. The number of phenolic OH excluding ortho intramolecular Hbond substituents is 1. The molecule has 2 unspecified atom stereocenters. The average Bonchev–Trinajstić information content (AvgIpc) is 3.67. The highest BCUT2D eigenvalue weighted by molar-refractivity contribution is 8.77. The standard InChI is InChI=1S/C50H69N5O10S6/c1-3-22-61-23-24-62-25-26-63-27-28-64-29-35-71-68-30-17-46(57)51-20-33-69-70-34-21-52-50(60)65-43-5-4-6-44-38(2)55-49(45(44)16-15-43)41-11-7-39(8-12-41)36-53-47(58)18-31-66-67-32-19-48(59)54-37-40-9-13-42(56)14-10-40/h1,7-14,20,43,45,56H,4-6,15-19,21-37H2,2H3,(H,52,60)(H,53,58)(H,54,59). The third-order valence-corrected chi connectivity index (χ3v) is 17.6. The van der Waals surface area contributed by atoms with Gasteiger partial charge in [0.1, 0.15) is 18.5 Å². The fraction of sp³-hybridized carbons (Fsp3) is 0.560. The average molecular weight is 1090 g/mol. The van der Waals surface area contributed by atoms with Gasteiger partial charge in [-0.25, -0.2) is 9.79 Å². The van der Waals surface area contributed by atoms with E-state index in [2.05, 4.69) is 45.9 Å². The lowest BCUT2D eigenvalue weighted by atomic mass is 9.81. The van der Waals surface area contributed by atoms with Gasteiger partial charge in [-0.15, -0.1) is 6.42 Å². The summed E-state index contributed by atoms with van der Waals surface area (Å²) in [5, 5.41) is 18.2. The number of hydrogen-bond donors (Lipinski definition) is 4. The highest BCUT2D eigenvalue weighted by Gasteiger charge is 2.32. The van der Waals surface area contributed by atoms with Crippen molar-refractivity contribution in [3.63, 3.8) is 0 Å². The van der Waals surface area contributed by atoms with Crippen molar-refractivity contribution in [2.24, 2.45) is 15.9 Å². The molecule has 21 heteroatoms. The first-order valence-electron chi connectivity index (χ1n) is 23.9. The van der Waals surface area contributed by atoms with Crippen LogP contribution in [0.25, 0.3) is 0 Å². The Kier molecular flexibility index (Phi) is 32.5. The molecule has 1 aliphatic heterocycles. The maximum Gasteiger partial charge on any atom is 0.407 e. The number of aromatic hydroxyl groups is 1. The molecule has 0 bridgehead atoms. The molecule has 2 aromatic carbocycles. The summed E-state index contributed by atoms with van der Waals surface area (Å²) in [5.41, 5.74) is 6.50. The van der Waals surface area contributed by atoms with Crippen LogP contribution in [0.5, 0.6) is 5.75 Å². The monoisotopic (exact) mass is 1090 g/mol. The highest BCUT2D eigenvalue weighted by atomic mass is 33.1. The quantitative estimate of drug-likeness (QED) is 0.0219. The number of aliphatic imine (C=N–C) groups is 2. The van der Waals surface area contributed by atoms with Gasteiger partial charge in [-0.3, -0.25) is 19.4 Å². The zero-order chi connectivity index (χ0) is 50.6. The zero-order valence-corrected chi connectivity index (χ0v) is 45.5. The number of allylic oxidation sites excluding steroid dienone is 2. The van der Waals surface area contributed by atoms with Crippen molar-refractivity contribution < 1.29 is 48.0 Å². The number of nitrogens with zero attached hydrogens (tertiary/aromatic N) is 2. The number of rotatable bonds is 36. The van der Waals surface area contributed by atoms with Gasteiger partial charge in [-0.05, 0) is 73.4 Å². The lowest BCUT2D eigenvalue weighted by Crippen LogP contribution is -2.31. The lowest BCUT2D eigenvalue weighted by molar-refractivity contribution is -0.121. The second-order valence-electron chi connectivity index (χ2n) is 15.9. The van der Waals surface area contributed by atoms with Crippen molar-refractivity contribution >= 4 is 101 Å². The predicted octanol–water partition coefficient (Wildman–Crippen LogP) is 8.69. The van der Waals surface area contributed by atoms with Gasteiger partial charge in [-0.1, -0.05) is 107 Å². The predicted molar refractivity (Wildman–Crippen MR) is 297 cm³/mol. The van der Waals surface area contributed by atoms with E-state index in [4.69, 9.17) is 35.1 Å². The Morgan fingerprint density at radius 3 is 1.94 bits per heavy atom. The van der Waals surface area contributed by atoms with Gasteiger partial charge < -0.3 is 44.7 Å². The number of fused-ring (bicyclic) bond motifs is 1. The molecule has 1 heterocycles. The Morgan fingerprint density at radius 1 is 0.718 bits per heavy atom. The van der Waals surface area contributed by atoms with E-state index in [1.165, 1.54) is 5.57 Å². The van der Waals surface area contributed by atoms with E-state index in [0.717, 1.165) is 66.0 Å². The molecule has 4 rings (SSSR count). The number of benzene rings is 2. The molecule has 2 atom stereocenters. The van der Waals surface area contributed by atoms with E-state index < -0.39 is 6.09 Å². The molecule has 1 fully saturated rings. The van der Waals surface area contributed by atoms with Crippen molar-refractivity contribution in [3.05, 3.63) is 76.5 Å². The normalized spacial score (nSPS) is 15.6. The van der Waals surface area contributed by atoms with Crippen LogP contribution >= 0.6 is 64.8 Å². The minimum atomic E-state index is -0.395. The van der Waals surface area contributed by atoms with Crippen molar-refractivity contribution in [2.45, 2.75) is 77.5 Å². The maximum atomic E-state index is 12.7. The molecular formula is C50H69N5O10S6. The molecule has 4 amide bonds. The second kappa shape index (κ2) is 38.3. The zero-order valence-electron chi connectivity index (χ0n) is 40.6. The highest BCUT2D eigenvalue weighted by Crippen LogP contribution is 2.38. The molecule has 0 radical (unpaired) electrons. The molecule has 2 aliphatic rings. The summed E-state index contributed by atoms with van der Waals surface area (Å²) in [5.74, 6) is 6.72. The molecule has 0 saturated heterocycles. The summed E-state index contributed by atoms with van der Waals surface area (Å²) < 4.78 is 27.4.